The molecule has 138 valence electrons. The lowest BCUT2D eigenvalue weighted by atomic mass is 9.87. The van der Waals surface area contributed by atoms with Gasteiger partial charge in [0.05, 0.1) is 12.0 Å². The van der Waals surface area contributed by atoms with Gasteiger partial charge in [-0.25, -0.2) is 0 Å². The molecule has 1 saturated carbocycles. The SMILES string of the molecule is CCOC(=O)[C@]12C(=O)Oc3ccccc3[C@H]1[C@@]2(C)C(=O)c1ccc(Cl)cc1. The second kappa shape index (κ2) is 5.92. The van der Waals surface area contributed by atoms with Gasteiger partial charge in [0.25, 0.3) is 0 Å². The van der Waals surface area contributed by atoms with Crippen LogP contribution in [-0.2, 0) is 14.3 Å². The summed E-state index contributed by atoms with van der Waals surface area (Å²) in [5, 5.41) is 0.495. The lowest BCUT2D eigenvalue weighted by Gasteiger charge is -2.22. The molecule has 1 heterocycles. The Morgan fingerprint density at radius 2 is 1.81 bits per heavy atom. The number of hydrogen-bond acceptors (Lipinski definition) is 5. The Hall–Kier alpha value is -2.66. The minimum atomic E-state index is -1.67. The van der Waals surface area contributed by atoms with E-state index in [-0.39, 0.29) is 12.4 Å². The number of halogens is 1. The third kappa shape index (κ3) is 2.15. The molecule has 1 fully saturated rings. The van der Waals surface area contributed by atoms with E-state index in [0.717, 1.165) is 0 Å². The zero-order valence-corrected chi connectivity index (χ0v) is 15.6. The summed E-state index contributed by atoms with van der Waals surface area (Å²) in [6.45, 7) is 3.40. The molecule has 1 aliphatic heterocycles. The van der Waals surface area contributed by atoms with Gasteiger partial charge >= 0.3 is 11.9 Å². The molecule has 4 rings (SSSR count). The van der Waals surface area contributed by atoms with E-state index in [1.165, 1.54) is 0 Å². The quantitative estimate of drug-likeness (QED) is 0.347. The summed E-state index contributed by atoms with van der Waals surface area (Å²) in [4.78, 5) is 39.3. The number of rotatable bonds is 4. The van der Waals surface area contributed by atoms with Crippen LogP contribution in [-0.4, -0.2) is 24.3 Å². The number of fused-ring (bicyclic) bond motifs is 3. The molecular formula is C21H17ClO5. The van der Waals surface area contributed by atoms with Gasteiger partial charge in [-0.15, -0.1) is 0 Å². The monoisotopic (exact) mass is 384 g/mol. The Morgan fingerprint density at radius 1 is 1.15 bits per heavy atom. The lowest BCUT2D eigenvalue weighted by molar-refractivity contribution is -0.162. The van der Waals surface area contributed by atoms with E-state index in [1.54, 1.807) is 62.4 Å². The second-order valence-corrected chi connectivity index (χ2v) is 7.36. The maximum atomic E-state index is 13.4. The third-order valence-electron chi connectivity index (χ3n) is 5.68. The molecule has 0 spiro atoms. The van der Waals surface area contributed by atoms with Crippen LogP contribution in [0.25, 0.3) is 0 Å². The van der Waals surface area contributed by atoms with Crippen molar-refractivity contribution in [3.63, 3.8) is 0 Å². The van der Waals surface area contributed by atoms with Crippen molar-refractivity contribution in [1.29, 1.82) is 0 Å². The summed E-state index contributed by atoms with van der Waals surface area (Å²) in [6, 6.07) is 13.4. The van der Waals surface area contributed by atoms with Crippen molar-refractivity contribution in [1.82, 2.24) is 0 Å². The number of esters is 2. The van der Waals surface area contributed by atoms with Crippen molar-refractivity contribution in [3.05, 3.63) is 64.7 Å². The molecule has 5 nitrogen and oxygen atoms in total. The van der Waals surface area contributed by atoms with Gasteiger partial charge < -0.3 is 9.47 Å². The first kappa shape index (κ1) is 17.7. The average molecular weight is 385 g/mol. The van der Waals surface area contributed by atoms with Crippen molar-refractivity contribution in [2.24, 2.45) is 10.8 Å². The van der Waals surface area contributed by atoms with Crippen molar-refractivity contribution < 1.29 is 23.9 Å². The molecule has 3 atom stereocenters. The van der Waals surface area contributed by atoms with E-state index in [2.05, 4.69) is 0 Å². The first-order valence-electron chi connectivity index (χ1n) is 8.67. The highest BCUT2D eigenvalue weighted by Gasteiger charge is 2.89. The number of benzene rings is 2. The lowest BCUT2D eigenvalue weighted by Crippen LogP contribution is -2.40. The van der Waals surface area contributed by atoms with Crippen LogP contribution in [0.5, 0.6) is 5.75 Å². The van der Waals surface area contributed by atoms with Crippen LogP contribution in [0.3, 0.4) is 0 Å². The molecular weight excluding hydrogens is 368 g/mol. The summed E-state index contributed by atoms with van der Waals surface area (Å²) >= 11 is 5.92. The number of hydrogen-bond donors (Lipinski definition) is 0. The Balaban J connectivity index is 1.88. The van der Waals surface area contributed by atoms with Crippen molar-refractivity contribution in [2.45, 2.75) is 19.8 Å². The normalized spacial score (nSPS) is 27.8. The predicted octanol–water partition coefficient (Wildman–Crippen LogP) is 3.79. The van der Waals surface area contributed by atoms with Crippen LogP contribution in [0.1, 0.15) is 35.7 Å². The minimum absolute atomic E-state index is 0.105. The molecule has 6 heteroatoms. The smallest absolute Gasteiger partial charge is 0.330 e. The highest BCUT2D eigenvalue weighted by molar-refractivity contribution is 6.30. The van der Waals surface area contributed by atoms with Gasteiger partial charge in [0, 0.05) is 22.1 Å². The molecule has 2 aromatic rings. The molecule has 0 amide bonds. The molecule has 0 radical (unpaired) electrons. The average Bonchev–Trinajstić information content (AvgIpc) is 3.26. The van der Waals surface area contributed by atoms with Gasteiger partial charge in [0.15, 0.2) is 11.2 Å². The first-order valence-corrected chi connectivity index (χ1v) is 9.05. The number of para-hydroxylation sites is 1. The fraction of sp³-hybridized carbons (Fsp3) is 0.286. The Bertz CT molecular complexity index is 967. The minimum Gasteiger partial charge on any atom is -0.465 e. The maximum Gasteiger partial charge on any atom is 0.330 e. The van der Waals surface area contributed by atoms with Crippen molar-refractivity contribution >= 4 is 29.3 Å². The van der Waals surface area contributed by atoms with Crippen LogP contribution in [0.15, 0.2) is 48.5 Å². The van der Waals surface area contributed by atoms with Crippen molar-refractivity contribution in [2.75, 3.05) is 6.61 Å². The Labute approximate surface area is 161 Å². The molecule has 1 aliphatic carbocycles. The third-order valence-corrected chi connectivity index (χ3v) is 5.93. The summed E-state index contributed by atoms with van der Waals surface area (Å²) in [6.07, 6.45) is 0. The molecule has 0 N–H and O–H groups in total. The van der Waals surface area contributed by atoms with E-state index < -0.39 is 28.7 Å². The summed E-state index contributed by atoms with van der Waals surface area (Å²) in [7, 11) is 0. The van der Waals surface area contributed by atoms with E-state index in [1.807, 2.05) is 0 Å². The van der Waals surface area contributed by atoms with Crippen LogP contribution >= 0.6 is 11.6 Å². The molecule has 27 heavy (non-hydrogen) atoms. The summed E-state index contributed by atoms with van der Waals surface area (Å²) in [5.41, 5.74) is -1.93. The molecule has 0 bridgehead atoms. The number of carbonyl (C=O) groups is 3. The molecule has 0 unspecified atom stereocenters. The number of ketones is 1. The summed E-state index contributed by atoms with van der Waals surface area (Å²) in [5.74, 6) is -2.04. The first-order chi connectivity index (χ1) is 12.9. The van der Waals surface area contributed by atoms with Gasteiger partial charge in [-0.3, -0.25) is 14.4 Å². The van der Waals surface area contributed by atoms with Gasteiger partial charge in [-0.1, -0.05) is 29.8 Å². The van der Waals surface area contributed by atoms with Gasteiger partial charge in [0.1, 0.15) is 5.75 Å². The van der Waals surface area contributed by atoms with Crippen LogP contribution in [0.2, 0.25) is 5.02 Å². The predicted molar refractivity (Wildman–Crippen MR) is 97.8 cm³/mol. The van der Waals surface area contributed by atoms with Crippen molar-refractivity contribution in [3.8, 4) is 5.75 Å². The fourth-order valence-electron chi connectivity index (χ4n) is 4.35. The van der Waals surface area contributed by atoms with Crippen LogP contribution in [0, 0.1) is 10.8 Å². The summed E-state index contributed by atoms with van der Waals surface area (Å²) < 4.78 is 10.6. The highest BCUT2D eigenvalue weighted by Crippen LogP contribution is 2.78. The van der Waals surface area contributed by atoms with Crippen LogP contribution in [0.4, 0.5) is 0 Å². The van der Waals surface area contributed by atoms with E-state index >= 15 is 0 Å². The van der Waals surface area contributed by atoms with E-state index in [4.69, 9.17) is 21.1 Å². The molecule has 2 aromatic carbocycles. The fourth-order valence-corrected chi connectivity index (χ4v) is 4.48. The van der Waals surface area contributed by atoms with Gasteiger partial charge in [-0.2, -0.15) is 0 Å². The van der Waals surface area contributed by atoms with E-state index in [0.29, 0.717) is 21.9 Å². The number of ether oxygens (including phenoxy) is 2. The Morgan fingerprint density at radius 3 is 2.48 bits per heavy atom. The number of carbonyl (C=O) groups excluding carboxylic acids is 3. The topological polar surface area (TPSA) is 69.7 Å². The van der Waals surface area contributed by atoms with Crippen LogP contribution < -0.4 is 4.74 Å². The maximum absolute atomic E-state index is 13.4. The zero-order valence-electron chi connectivity index (χ0n) is 14.8. The molecule has 0 aromatic heterocycles. The molecule has 0 saturated heterocycles. The zero-order chi connectivity index (χ0) is 19.4. The highest BCUT2D eigenvalue weighted by atomic mass is 35.5. The van der Waals surface area contributed by atoms with E-state index in [9.17, 15) is 14.4 Å². The standard InChI is InChI=1S/C21H17ClO5/c1-3-26-18(24)21-16(14-6-4-5-7-15(14)27-19(21)25)20(21,2)17(23)12-8-10-13(22)11-9-12/h4-11,16H,3H2,1-2H3/t16-,20-,21-/m0/s1. The van der Waals surface area contributed by atoms with Gasteiger partial charge in [0.2, 0.25) is 0 Å². The second-order valence-electron chi connectivity index (χ2n) is 6.93. The largest absolute Gasteiger partial charge is 0.465 e. The Kier molecular flexibility index (Phi) is 3.89. The molecule has 2 aliphatic rings. The number of Topliss-reactive ketones (excluding diaryl/α,β-unsaturated/α-hetero) is 1. The van der Waals surface area contributed by atoms with Gasteiger partial charge in [-0.05, 0) is 44.2 Å².